The molecular formula is C24H37FN4O3. The highest BCUT2D eigenvalue weighted by atomic mass is 19.1. The predicted octanol–water partition coefficient (Wildman–Crippen LogP) is 3.21. The molecule has 1 saturated heterocycles. The molecule has 1 aromatic carbocycles. The standard InChI is InChI=1S/C24H37FN4O3/c1-5-18-17-28(23(31)19-8-10-21(25)11-9-19)15-12-20(18)16-22(30)29(6-2)24(32)26-13-7-14-27(3)4/h8-11,18,20H,5-7,12-17H2,1-4H3,(H,26,32)/t18-,20+/m1/s1. The molecule has 0 aromatic heterocycles. The van der Waals surface area contributed by atoms with E-state index in [4.69, 9.17) is 0 Å². The van der Waals surface area contributed by atoms with Gasteiger partial charge in [0, 0.05) is 38.2 Å². The molecular weight excluding hydrogens is 411 g/mol. The number of carbonyl (C=O) groups excluding carboxylic acids is 3. The summed E-state index contributed by atoms with van der Waals surface area (Å²) in [7, 11) is 3.96. The van der Waals surface area contributed by atoms with Gasteiger partial charge in [0.1, 0.15) is 5.82 Å². The Hall–Kier alpha value is -2.48. The minimum atomic E-state index is -0.368. The highest BCUT2D eigenvalue weighted by Gasteiger charge is 2.33. The molecule has 1 aromatic rings. The minimum absolute atomic E-state index is 0.111. The number of nitrogens with zero attached hydrogens (tertiary/aromatic N) is 3. The zero-order chi connectivity index (χ0) is 23.7. The summed E-state index contributed by atoms with van der Waals surface area (Å²) >= 11 is 0. The summed E-state index contributed by atoms with van der Waals surface area (Å²) in [5, 5.41) is 2.84. The molecule has 2 atom stereocenters. The van der Waals surface area contributed by atoms with Gasteiger partial charge in [0.05, 0.1) is 0 Å². The first kappa shape index (κ1) is 25.8. The third-order valence-corrected chi connectivity index (χ3v) is 6.15. The Kier molecular flexibility index (Phi) is 10.1. The van der Waals surface area contributed by atoms with Gasteiger partial charge in [-0.05, 0) is 76.5 Å². The number of rotatable bonds is 9. The van der Waals surface area contributed by atoms with Crippen molar-refractivity contribution in [2.45, 2.75) is 39.5 Å². The number of halogens is 1. The van der Waals surface area contributed by atoms with Gasteiger partial charge in [0.2, 0.25) is 5.91 Å². The van der Waals surface area contributed by atoms with Crippen LogP contribution in [0.1, 0.15) is 49.9 Å². The maximum atomic E-state index is 13.2. The van der Waals surface area contributed by atoms with Crippen LogP contribution in [-0.4, -0.2) is 79.4 Å². The summed E-state index contributed by atoms with van der Waals surface area (Å²) < 4.78 is 13.2. The largest absolute Gasteiger partial charge is 0.338 e. The van der Waals surface area contributed by atoms with Gasteiger partial charge in [-0.1, -0.05) is 13.3 Å². The van der Waals surface area contributed by atoms with E-state index in [1.54, 1.807) is 11.8 Å². The van der Waals surface area contributed by atoms with Crippen molar-refractivity contribution >= 4 is 17.8 Å². The van der Waals surface area contributed by atoms with Crippen molar-refractivity contribution in [3.05, 3.63) is 35.6 Å². The van der Waals surface area contributed by atoms with E-state index in [9.17, 15) is 18.8 Å². The lowest BCUT2D eigenvalue weighted by atomic mass is 9.81. The van der Waals surface area contributed by atoms with Crippen molar-refractivity contribution in [1.82, 2.24) is 20.0 Å². The number of imide groups is 1. The van der Waals surface area contributed by atoms with E-state index in [1.165, 1.54) is 29.2 Å². The van der Waals surface area contributed by atoms with E-state index in [1.807, 2.05) is 19.0 Å². The van der Waals surface area contributed by atoms with Crippen LogP contribution in [0.25, 0.3) is 0 Å². The van der Waals surface area contributed by atoms with Crippen LogP contribution in [0.5, 0.6) is 0 Å². The molecule has 0 spiro atoms. The first-order valence-corrected chi connectivity index (χ1v) is 11.5. The van der Waals surface area contributed by atoms with Gasteiger partial charge in [-0.25, -0.2) is 9.18 Å². The number of amides is 4. The molecule has 1 N–H and O–H groups in total. The molecule has 32 heavy (non-hydrogen) atoms. The van der Waals surface area contributed by atoms with E-state index in [2.05, 4.69) is 12.2 Å². The van der Waals surface area contributed by atoms with Gasteiger partial charge < -0.3 is 15.1 Å². The lowest BCUT2D eigenvalue weighted by Crippen LogP contribution is -2.47. The number of hydrogen-bond acceptors (Lipinski definition) is 4. The maximum Gasteiger partial charge on any atom is 0.324 e. The fraction of sp³-hybridized carbons (Fsp3) is 0.625. The lowest BCUT2D eigenvalue weighted by Gasteiger charge is -2.38. The fourth-order valence-electron chi connectivity index (χ4n) is 4.23. The van der Waals surface area contributed by atoms with E-state index in [0.717, 1.165) is 19.4 Å². The van der Waals surface area contributed by atoms with Crippen molar-refractivity contribution in [2.75, 3.05) is 46.8 Å². The summed E-state index contributed by atoms with van der Waals surface area (Å²) in [6.07, 6.45) is 2.67. The molecule has 1 fully saturated rings. The average molecular weight is 449 g/mol. The summed E-state index contributed by atoms with van der Waals surface area (Å²) in [5.41, 5.74) is 0.471. The second-order valence-electron chi connectivity index (χ2n) is 8.71. The molecule has 178 valence electrons. The third kappa shape index (κ3) is 7.29. The quantitative estimate of drug-likeness (QED) is 0.589. The highest BCUT2D eigenvalue weighted by Crippen LogP contribution is 2.30. The summed E-state index contributed by atoms with van der Waals surface area (Å²) in [6.45, 7) is 6.70. The molecule has 0 bridgehead atoms. The average Bonchev–Trinajstić information content (AvgIpc) is 2.77. The molecule has 0 radical (unpaired) electrons. The first-order chi connectivity index (χ1) is 15.3. The van der Waals surface area contributed by atoms with E-state index < -0.39 is 0 Å². The summed E-state index contributed by atoms with van der Waals surface area (Å²) in [6, 6.07) is 5.25. The topological polar surface area (TPSA) is 73.0 Å². The van der Waals surface area contributed by atoms with Crippen LogP contribution in [-0.2, 0) is 4.79 Å². The Morgan fingerprint density at radius 2 is 1.81 bits per heavy atom. The van der Waals surface area contributed by atoms with Crippen LogP contribution in [0.2, 0.25) is 0 Å². The normalized spacial score (nSPS) is 18.5. The molecule has 0 saturated carbocycles. The van der Waals surface area contributed by atoms with Gasteiger partial charge in [-0.3, -0.25) is 14.5 Å². The number of hydrogen-bond donors (Lipinski definition) is 1. The van der Waals surface area contributed by atoms with Crippen LogP contribution >= 0.6 is 0 Å². The number of urea groups is 1. The smallest absolute Gasteiger partial charge is 0.324 e. The Morgan fingerprint density at radius 1 is 1.12 bits per heavy atom. The Balaban J connectivity index is 1.91. The maximum absolute atomic E-state index is 13.2. The molecule has 0 unspecified atom stereocenters. The van der Waals surface area contributed by atoms with Gasteiger partial charge in [-0.15, -0.1) is 0 Å². The second kappa shape index (κ2) is 12.5. The molecule has 1 aliphatic heterocycles. The summed E-state index contributed by atoms with van der Waals surface area (Å²) in [5.74, 6) is -0.341. The minimum Gasteiger partial charge on any atom is -0.338 e. The third-order valence-electron chi connectivity index (χ3n) is 6.15. The van der Waals surface area contributed by atoms with E-state index in [0.29, 0.717) is 44.6 Å². The van der Waals surface area contributed by atoms with Crippen molar-refractivity contribution in [1.29, 1.82) is 0 Å². The lowest BCUT2D eigenvalue weighted by molar-refractivity contribution is -0.130. The van der Waals surface area contributed by atoms with Crippen LogP contribution in [0.15, 0.2) is 24.3 Å². The fourth-order valence-corrected chi connectivity index (χ4v) is 4.23. The van der Waals surface area contributed by atoms with E-state index >= 15 is 0 Å². The zero-order valence-electron chi connectivity index (χ0n) is 19.8. The van der Waals surface area contributed by atoms with Gasteiger partial charge >= 0.3 is 6.03 Å². The summed E-state index contributed by atoms with van der Waals surface area (Å²) in [4.78, 5) is 43.3. The molecule has 8 heteroatoms. The molecule has 7 nitrogen and oxygen atoms in total. The van der Waals surface area contributed by atoms with Crippen LogP contribution in [0.3, 0.4) is 0 Å². The Morgan fingerprint density at radius 3 is 2.41 bits per heavy atom. The number of benzene rings is 1. The molecule has 1 heterocycles. The van der Waals surface area contributed by atoms with Crippen LogP contribution in [0.4, 0.5) is 9.18 Å². The number of piperidine rings is 1. The number of likely N-dealkylation sites (tertiary alicyclic amines) is 1. The zero-order valence-corrected chi connectivity index (χ0v) is 19.8. The van der Waals surface area contributed by atoms with E-state index in [-0.39, 0.29) is 35.5 Å². The van der Waals surface area contributed by atoms with Gasteiger partial charge in [-0.2, -0.15) is 0 Å². The molecule has 1 aliphatic rings. The first-order valence-electron chi connectivity index (χ1n) is 11.5. The van der Waals surface area contributed by atoms with Crippen LogP contribution < -0.4 is 5.32 Å². The SMILES string of the molecule is CC[C@@H]1CN(C(=O)c2ccc(F)cc2)CC[C@H]1CC(=O)N(CC)C(=O)NCCCN(C)C. The Bertz CT molecular complexity index is 769. The highest BCUT2D eigenvalue weighted by molar-refractivity contribution is 5.95. The van der Waals surface area contributed by atoms with Crippen molar-refractivity contribution in [3.8, 4) is 0 Å². The molecule has 0 aliphatic carbocycles. The number of carbonyl (C=O) groups is 3. The van der Waals surface area contributed by atoms with Crippen molar-refractivity contribution in [3.63, 3.8) is 0 Å². The molecule has 2 rings (SSSR count). The second-order valence-corrected chi connectivity index (χ2v) is 8.71. The number of nitrogens with one attached hydrogen (secondary N) is 1. The Labute approximate surface area is 190 Å². The molecule has 4 amide bonds. The van der Waals surface area contributed by atoms with Crippen molar-refractivity contribution in [2.24, 2.45) is 11.8 Å². The monoisotopic (exact) mass is 448 g/mol. The van der Waals surface area contributed by atoms with Crippen molar-refractivity contribution < 1.29 is 18.8 Å². The van der Waals surface area contributed by atoms with Gasteiger partial charge in [0.25, 0.3) is 5.91 Å². The predicted molar refractivity (Wildman–Crippen MR) is 123 cm³/mol. The van der Waals surface area contributed by atoms with Crippen LogP contribution in [0, 0.1) is 17.7 Å². The van der Waals surface area contributed by atoms with Gasteiger partial charge in [0.15, 0.2) is 0 Å².